The van der Waals surface area contributed by atoms with Crippen molar-refractivity contribution in [1.82, 2.24) is 10.2 Å². The number of ether oxygens (including phenoxy) is 3. The van der Waals surface area contributed by atoms with E-state index in [-0.39, 0.29) is 12.5 Å². The summed E-state index contributed by atoms with van der Waals surface area (Å²) in [7, 11) is 1.12. The zero-order valence-corrected chi connectivity index (χ0v) is 21.1. The van der Waals surface area contributed by atoms with Crippen LogP contribution < -0.4 is 5.32 Å². The molecular formula is C27H30N2O8. The van der Waals surface area contributed by atoms with Crippen LogP contribution in [0.25, 0.3) is 11.1 Å². The van der Waals surface area contributed by atoms with Crippen LogP contribution in [-0.2, 0) is 23.8 Å². The van der Waals surface area contributed by atoms with Crippen molar-refractivity contribution in [3.8, 4) is 11.1 Å². The third-order valence-electron chi connectivity index (χ3n) is 6.53. The summed E-state index contributed by atoms with van der Waals surface area (Å²) >= 11 is 0. The maximum atomic E-state index is 13.0. The van der Waals surface area contributed by atoms with E-state index < -0.39 is 54.3 Å². The molecule has 196 valence electrons. The Bertz CT molecular complexity index is 1190. The first kappa shape index (κ1) is 26.0. The fourth-order valence-electron chi connectivity index (χ4n) is 4.95. The number of methoxy groups -OCH3 is 1. The average molecular weight is 511 g/mol. The van der Waals surface area contributed by atoms with Crippen LogP contribution >= 0.6 is 0 Å². The molecule has 4 rings (SSSR count). The number of hydrogen-bond acceptors (Lipinski definition) is 7. The van der Waals surface area contributed by atoms with Gasteiger partial charge in [-0.2, -0.15) is 0 Å². The average Bonchev–Trinajstić information content (AvgIpc) is 3.39. The van der Waals surface area contributed by atoms with Crippen LogP contribution in [0.1, 0.15) is 44.2 Å². The quantitative estimate of drug-likeness (QED) is 0.461. The molecule has 0 unspecified atom stereocenters. The molecule has 2 aromatic carbocycles. The molecule has 10 heteroatoms. The molecule has 2 N–H and O–H groups in total. The van der Waals surface area contributed by atoms with E-state index in [4.69, 9.17) is 14.2 Å². The Labute approximate surface area is 214 Å². The van der Waals surface area contributed by atoms with Gasteiger partial charge in [0.15, 0.2) is 5.54 Å². The number of carboxylic acid groups (broad SMARTS) is 1. The molecule has 10 nitrogen and oxygen atoms in total. The van der Waals surface area contributed by atoms with Crippen LogP contribution in [0.2, 0.25) is 0 Å². The minimum atomic E-state index is -1.82. The number of benzene rings is 2. The van der Waals surface area contributed by atoms with Crippen LogP contribution in [-0.4, -0.2) is 71.6 Å². The van der Waals surface area contributed by atoms with Gasteiger partial charge in [-0.15, -0.1) is 0 Å². The van der Waals surface area contributed by atoms with Gasteiger partial charge in [0, 0.05) is 12.3 Å². The molecule has 0 bridgehead atoms. The fraction of sp³-hybridized carbons (Fsp3) is 0.407. The van der Waals surface area contributed by atoms with Crippen molar-refractivity contribution in [2.75, 3.05) is 20.3 Å². The molecule has 1 fully saturated rings. The van der Waals surface area contributed by atoms with E-state index in [9.17, 15) is 24.3 Å². The lowest BCUT2D eigenvalue weighted by molar-refractivity contribution is -0.147. The molecular weight excluding hydrogens is 480 g/mol. The van der Waals surface area contributed by atoms with Crippen molar-refractivity contribution in [3.63, 3.8) is 0 Å². The smallest absolute Gasteiger partial charge is 0.411 e. The van der Waals surface area contributed by atoms with E-state index in [1.165, 1.54) is 0 Å². The van der Waals surface area contributed by atoms with Gasteiger partial charge in [-0.3, -0.25) is 4.90 Å². The number of alkyl carbamates (subject to hydrolysis) is 1. The molecule has 1 heterocycles. The predicted molar refractivity (Wildman–Crippen MR) is 132 cm³/mol. The number of hydrogen-bond donors (Lipinski definition) is 2. The number of aliphatic carboxylic acids is 1. The number of carbonyl (C=O) groups excluding carboxylic acids is 3. The van der Waals surface area contributed by atoms with Crippen molar-refractivity contribution < 1.29 is 38.5 Å². The molecule has 0 aromatic heterocycles. The maximum Gasteiger partial charge on any atom is 0.411 e. The summed E-state index contributed by atoms with van der Waals surface area (Å²) in [6, 6.07) is 14.3. The third kappa shape index (κ3) is 5.09. The van der Waals surface area contributed by atoms with Crippen molar-refractivity contribution in [2.24, 2.45) is 0 Å². The van der Waals surface area contributed by atoms with Crippen molar-refractivity contribution >= 4 is 24.1 Å². The molecule has 1 aliphatic carbocycles. The lowest BCUT2D eigenvalue weighted by atomic mass is 9.96. The number of likely N-dealkylation sites (tertiary alicyclic amines) is 1. The van der Waals surface area contributed by atoms with Crippen LogP contribution in [0.4, 0.5) is 9.59 Å². The summed E-state index contributed by atoms with van der Waals surface area (Å²) in [6.07, 6.45) is -2.25. The molecule has 2 atom stereocenters. The van der Waals surface area contributed by atoms with E-state index in [0.717, 1.165) is 34.3 Å². The molecule has 2 aliphatic rings. The number of carbonyl (C=O) groups is 4. The predicted octanol–water partition coefficient (Wildman–Crippen LogP) is 3.53. The van der Waals surface area contributed by atoms with E-state index in [2.05, 4.69) is 5.32 Å². The van der Waals surface area contributed by atoms with E-state index in [0.29, 0.717) is 0 Å². The van der Waals surface area contributed by atoms with Gasteiger partial charge in [0.25, 0.3) is 0 Å². The Morgan fingerprint density at radius 1 is 1.03 bits per heavy atom. The molecule has 0 spiro atoms. The van der Waals surface area contributed by atoms with Gasteiger partial charge in [0.05, 0.1) is 13.7 Å². The summed E-state index contributed by atoms with van der Waals surface area (Å²) in [5, 5.41) is 12.2. The normalized spacial score (nSPS) is 20.5. The Morgan fingerprint density at radius 3 is 2.11 bits per heavy atom. The molecule has 0 radical (unpaired) electrons. The second-order valence-corrected chi connectivity index (χ2v) is 10.2. The number of carboxylic acids is 1. The molecule has 37 heavy (non-hydrogen) atoms. The van der Waals surface area contributed by atoms with Crippen LogP contribution in [0.15, 0.2) is 48.5 Å². The number of nitrogens with one attached hydrogen (secondary N) is 1. The second-order valence-electron chi connectivity index (χ2n) is 10.2. The highest BCUT2D eigenvalue weighted by Gasteiger charge is 2.56. The largest absolute Gasteiger partial charge is 0.480 e. The van der Waals surface area contributed by atoms with E-state index >= 15 is 0 Å². The maximum absolute atomic E-state index is 13.0. The number of amides is 2. The second kappa shape index (κ2) is 9.76. The fourth-order valence-corrected chi connectivity index (χ4v) is 4.95. The first-order chi connectivity index (χ1) is 17.5. The Morgan fingerprint density at radius 2 is 1.59 bits per heavy atom. The lowest BCUT2D eigenvalue weighted by Crippen LogP contribution is -2.57. The summed E-state index contributed by atoms with van der Waals surface area (Å²) in [4.78, 5) is 51.4. The summed E-state index contributed by atoms with van der Waals surface area (Å²) < 4.78 is 15.8. The van der Waals surface area contributed by atoms with Gasteiger partial charge < -0.3 is 24.6 Å². The Hall–Kier alpha value is -4.08. The summed E-state index contributed by atoms with van der Waals surface area (Å²) in [5.74, 6) is -2.44. The number of fused-ring (bicyclic) bond motifs is 3. The standard InChI is InChI=1S/C27H30N2O8/c1-26(2,3)37-25(34)29-15-27(23(32)35-4,13-21(29)22(30)31)28-24(33)36-14-20-18-11-7-5-9-16(18)17-10-6-8-12-19(17)20/h5-12,20-21H,13-15H2,1-4H3,(H,28,33)(H,30,31)/t21-,27+/m1/s1. The highest BCUT2D eigenvalue weighted by Crippen LogP contribution is 2.44. The first-order valence-corrected chi connectivity index (χ1v) is 11.9. The highest BCUT2D eigenvalue weighted by atomic mass is 16.6. The minimum Gasteiger partial charge on any atom is -0.480 e. The van der Waals surface area contributed by atoms with E-state index in [1.807, 2.05) is 48.5 Å². The number of nitrogens with zero attached hydrogens (tertiary/aromatic N) is 1. The summed E-state index contributed by atoms with van der Waals surface area (Å²) in [6.45, 7) is 4.46. The topological polar surface area (TPSA) is 131 Å². The monoisotopic (exact) mass is 510 g/mol. The zero-order valence-electron chi connectivity index (χ0n) is 21.1. The van der Waals surface area contributed by atoms with Crippen LogP contribution in [0, 0.1) is 0 Å². The molecule has 1 saturated heterocycles. The highest BCUT2D eigenvalue weighted by molar-refractivity contribution is 5.91. The third-order valence-corrected chi connectivity index (χ3v) is 6.53. The zero-order chi connectivity index (χ0) is 27.0. The van der Waals surface area contributed by atoms with Gasteiger partial charge in [-0.05, 0) is 43.0 Å². The number of esters is 1. The molecule has 1 aliphatic heterocycles. The van der Waals surface area contributed by atoms with Crippen molar-refractivity contribution in [1.29, 1.82) is 0 Å². The van der Waals surface area contributed by atoms with Crippen LogP contribution in [0.3, 0.4) is 0 Å². The van der Waals surface area contributed by atoms with Gasteiger partial charge in [0.2, 0.25) is 0 Å². The first-order valence-electron chi connectivity index (χ1n) is 11.9. The molecule has 2 amide bonds. The van der Waals surface area contributed by atoms with Gasteiger partial charge in [-0.1, -0.05) is 48.5 Å². The molecule has 0 saturated carbocycles. The van der Waals surface area contributed by atoms with Crippen molar-refractivity contribution in [2.45, 2.75) is 50.3 Å². The van der Waals surface area contributed by atoms with Crippen molar-refractivity contribution in [3.05, 3.63) is 59.7 Å². The SMILES string of the molecule is COC(=O)[C@]1(NC(=O)OCC2c3ccccc3-c3ccccc32)C[C@H](C(=O)O)N(C(=O)OC(C)(C)C)C1. The van der Waals surface area contributed by atoms with Gasteiger partial charge in [-0.25, -0.2) is 19.2 Å². The van der Waals surface area contributed by atoms with Gasteiger partial charge in [0.1, 0.15) is 18.2 Å². The Balaban J connectivity index is 1.53. The number of rotatable bonds is 5. The lowest BCUT2D eigenvalue weighted by Gasteiger charge is -2.29. The Kier molecular flexibility index (Phi) is 6.86. The van der Waals surface area contributed by atoms with Gasteiger partial charge >= 0.3 is 24.1 Å². The summed E-state index contributed by atoms with van der Waals surface area (Å²) in [5.41, 5.74) is 1.44. The van der Waals surface area contributed by atoms with E-state index in [1.54, 1.807) is 20.8 Å². The molecule has 2 aromatic rings. The minimum absolute atomic E-state index is 0.00471. The van der Waals surface area contributed by atoms with Crippen LogP contribution in [0.5, 0.6) is 0 Å².